The lowest BCUT2D eigenvalue weighted by Gasteiger charge is -2.33. The first kappa shape index (κ1) is 17.3. The second-order valence-corrected chi connectivity index (χ2v) is 6.12. The highest BCUT2D eigenvalue weighted by molar-refractivity contribution is 5.95. The first-order valence-electron chi connectivity index (χ1n) is 8.35. The van der Waals surface area contributed by atoms with Gasteiger partial charge in [-0.3, -0.25) is 9.59 Å². The number of nitrogens with zero attached hydrogens (tertiary/aromatic N) is 1. The summed E-state index contributed by atoms with van der Waals surface area (Å²) in [4.78, 5) is 25.9. The minimum Gasteiger partial charge on any atom is -0.483 e. The van der Waals surface area contributed by atoms with Crippen LogP contribution in [0, 0.1) is 6.92 Å². The standard InChI is InChI=1S/C18H26N2O3/c1-3-20(14-7-5-4-6-8-14)17(21)12-23-16-11-13(2)9-10-15(16)18(19)22/h9-11,14H,3-8,12H2,1-2H3,(H2,19,22). The third kappa shape index (κ3) is 4.47. The van der Waals surface area contributed by atoms with Gasteiger partial charge in [0.1, 0.15) is 5.75 Å². The van der Waals surface area contributed by atoms with E-state index < -0.39 is 5.91 Å². The molecule has 2 N–H and O–H groups in total. The van der Waals surface area contributed by atoms with Crippen molar-refractivity contribution in [2.24, 2.45) is 5.73 Å². The molecule has 1 fully saturated rings. The molecule has 1 aliphatic rings. The zero-order valence-corrected chi connectivity index (χ0v) is 14.0. The number of hydrogen-bond acceptors (Lipinski definition) is 3. The Kier molecular flexibility index (Phi) is 6.02. The summed E-state index contributed by atoms with van der Waals surface area (Å²) in [7, 11) is 0. The lowest BCUT2D eigenvalue weighted by molar-refractivity contribution is -0.136. The monoisotopic (exact) mass is 318 g/mol. The number of rotatable bonds is 6. The molecule has 0 heterocycles. The van der Waals surface area contributed by atoms with Crippen LogP contribution in [0.4, 0.5) is 0 Å². The highest BCUT2D eigenvalue weighted by atomic mass is 16.5. The van der Waals surface area contributed by atoms with E-state index >= 15 is 0 Å². The average Bonchev–Trinajstić information content (AvgIpc) is 2.54. The molecule has 126 valence electrons. The number of likely N-dealkylation sites (N-methyl/N-ethyl adjacent to an activating group) is 1. The summed E-state index contributed by atoms with van der Waals surface area (Å²) in [6.07, 6.45) is 5.75. The molecule has 1 aliphatic carbocycles. The summed E-state index contributed by atoms with van der Waals surface area (Å²) in [6, 6.07) is 5.49. The lowest BCUT2D eigenvalue weighted by atomic mass is 9.94. The zero-order chi connectivity index (χ0) is 16.8. The largest absolute Gasteiger partial charge is 0.483 e. The Morgan fingerprint density at radius 3 is 2.57 bits per heavy atom. The second-order valence-electron chi connectivity index (χ2n) is 6.12. The minimum atomic E-state index is -0.549. The highest BCUT2D eigenvalue weighted by Crippen LogP contribution is 2.23. The fourth-order valence-corrected chi connectivity index (χ4v) is 3.21. The van der Waals surface area contributed by atoms with Gasteiger partial charge in [0.05, 0.1) is 5.56 Å². The number of benzene rings is 1. The highest BCUT2D eigenvalue weighted by Gasteiger charge is 2.24. The van der Waals surface area contributed by atoms with E-state index in [9.17, 15) is 9.59 Å². The normalized spacial score (nSPS) is 15.2. The van der Waals surface area contributed by atoms with Crippen LogP contribution in [-0.2, 0) is 4.79 Å². The van der Waals surface area contributed by atoms with Crippen molar-refractivity contribution in [3.8, 4) is 5.75 Å². The summed E-state index contributed by atoms with van der Waals surface area (Å²) < 4.78 is 5.62. The summed E-state index contributed by atoms with van der Waals surface area (Å²) in [5.41, 5.74) is 6.62. The summed E-state index contributed by atoms with van der Waals surface area (Å²) in [5.74, 6) is -0.200. The Morgan fingerprint density at radius 1 is 1.26 bits per heavy atom. The number of ether oxygens (including phenoxy) is 1. The topological polar surface area (TPSA) is 72.6 Å². The van der Waals surface area contributed by atoms with Crippen molar-refractivity contribution in [1.82, 2.24) is 4.90 Å². The Labute approximate surface area is 137 Å². The van der Waals surface area contributed by atoms with Gasteiger partial charge in [0.2, 0.25) is 0 Å². The molecule has 0 aliphatic heterocycles. The van der Waals surface area contributed by atoms with E-state index in [1.54, 1.807) is 18.2 Å². The number of primary amides is 1. The van der Waals surface area contributed by atoms with Crippen molar-refractivity contribution in [1.29, 1.82) is 0 Å². The minimum absolute atomic E-state index is 0.0312. The van der Waals surface area contributed by atoms with Crippen molar-refractivity contribution in [2.75, 3.05) is 13.2 Å². The molecule has 1 aromatic carbocycles. The van der Waals surface area contributed by atoms with Crippen molar-refractivity contribution < 1.29 is 14.3 Å². The maximum Gasteiger partial charge on any atom is 0.260 e. The van der Waals surface area contributed by atoms with E-state index in [1.165, 1.54) is 19.3 Å². The van der Waals surface area contributed by atoms with Gasteiger partial charge in [-0.1, -0.05) is 25.3 Å². The van der Waals surface area contributed by atoms with Gasteiger partial charge in [-0.15, -0.1) is 0 Å². The Hall–Kier alpha value is -2.04. The number of hydrogen-bond donors (Lipinski definition) is 1. The fourth-order valence-electron chi connectivity index (χ4n) is 3.21. The quantitative estimate of drug-likeness (QED) is 0.876. The van der Waals surface area contributed by atoms with Crippen molar-refractivity contribution in [3.63, 3.8) is 0 Å². The van der Waals surface area contributed by atoms with E-state index in [0.29, 0.717) is 23.9 Å². The summed E-state index contributed by atoms with van der Waals surface area (Å²) in [6.45, 7) is 4.52. The van der Waals surface area contributed by atoms with Crippen LogP contribution in [0.3, 0.4) is 0 Å². The number of amides is 2. The third-order valence-electron chi connectivity index (χ3n) is 4.43. The number of carbonyl (C=O) groups excluding carboxylic acids is 2. The number of aryl methyl sites for hydroxylation is 1. The van der Waals surface area contributed by atoms with Crippen molar-refractivity contribution in [3.05, 3.63) is 29.3 Å². The van der Waals surface area contributed by atoms with Crippen LogP contribution < -0.4 is 10.5 Å². The van der Waals surface area contributed by atoms with Gasteiger partial charge in [0.25, 0.3) is 11.8 Å². The lowest BCUT2D eigenvalue weighted by Crippen LogP contribution is -2.43. The first-order chi connectivity index (χ1) is 11.0. The smallest absolute Gasteiger partial charge is 0.260 e. The molecule has 5 heteroatoms. The molecule has 0 atom stereocenters. The molecule has 1 aromatic rings. The number of nitrogens with two attached hydrogens (primary N) is 1. The first-order valence-corrected chi connectivity index (χ1v) is 8.35. The molecule has 23 heavy (non-hydrogen) atoms. The van der Waals surface area contributed by atoms with Gasteiger partial charge in [-0.2, -0.15) is 0 Å². The Morgan fingerprint density at radius 2 is 1.96 bits per heavy atom. The molecule has 0 unspecified atom stereocenters. The molecular formula is C18H26N2O3. The molecule has 2 amide bonds. The molecule has 0 saturated heterocycles. The predicted octanol–water partition coefficient (Wildman–Crippen LogP) is 2.65. The van der Waals surface area contributed by atoms with Gasteiger partial charge in [-0.05, 0) is 44.4 Å². The van der Waals surface area contributed by atoms with Crippen molar-refractivity contribution >= 4 is 11.8 Å². The molecule has 0 radical (unpaired) electrons. The van der Waals surface area contributed by atoms with Crippen LogP contribution >= 0.6 is 0 Å². The molecule has 5 nitrogen and oxygen atoms in total. The predicted molar refractivity (Wildman–Crippen MR) is 89.5 cm³/mol. The van der Waals surface area contributed by atoms with Crippen molar-refractivity contribution in [2.45, 2.75) is 52.0 Å². The van der Waals surface area contributed by atoms with Gasteiger partial charge in [0, 0.05) is 12.6 Å². The molecule has 0 aromatic heterocycles. The third-order valence-corrected chi connectivity index (χ3v) is 4.43. The second kappa shape index (κ2) is 7.99. The Bertz CT molecular complexity index is 565. The summed E-state index contributed by atoms with van der Waals surface area (Å²) >= 11 is 0. The van der Waals surface area contributed by atoms with Crippen LogP contribution in [0.1, 0.15) is 54.9 Å². The maximum absolute atomic E-state index is 12.5. The van der Waals surface area contributed by atoms with Gasteiger partial charge in [-0.25, -0.2) is 0 Å². The van der Waals surface area contributed by atoms with E-state index in [-0.39, 0.29) is 12.5 Å². The van der Waals surface area contributed by atoms with Crippen LogP contribution in [0.5, 0.6) is 5.75 Å². The molecule has 2 rings (SSSR count). The SMILES string of the molecule is CCN(C(=O)COc1cc(C)ccc1C(N)=O)C1CCCCC1. The van der Waals surface area contributed by atoms with Crippen LogP contribution in [0.2, 0.25) is 0 Å². The van der Waals surface area contributed by atoms with Gasteiger partial charge < -0.3 is 15.4 Å². The van der Waals surface area contributed by atoms with Crippen LogP contribution in [-0.4, -0.2) is 35.9 Å². The van der Waals surface area contributed by atoms with E-state index in [1.807, 2.05) is 18.7 Å². The van der Waals surface area contributed by atoms with E-state index in [0.717, 1.165) is 18.4 Å². The average molecular weight is 318 g/mol. The zero-order valence-electron chi connectivity index (χ0n) is 14.0. The maximum atomic E-state index is 12.5. The van der Waals surface area contributed by atoms with Crippen LogP contribution in [0.25, 0.3) is 0 Å². The fraction of sp³-hybridized carbons (Fsp3) is 0.556. The van der Waals surface area contributed by atoms with Gasteiger partial charge >= 0.3 is 0 Å². The van der Waals surface area contributed by atoms with E-state index in [4.69, 9.17) is 10.5 Å². The Balaban J connectivity index is 2.02. The molecular weight excluding hydrogens is 292 g/mol. The van der Waals surface area contributed by atoms with E-state index in [2.05, 4.69) is 0 Å². The molecule has 0 bridgehead atoms. The number of carbonyl (C=O) groups is 2. The summed E-state index contributed by atoms with van der Waals surface area (Å²) in [5, 5.41) is 0. The van der Waals surface area contributed by atoms with Crippen LogP contribution in [0.15, 0.2) is 18.2 Å². The van der Waals surface area contributed by atoms with Gasteiger partial charge in [0.15, 0.2) is 6.61 Å². The molecule has 0 spiro atoms. The molecule has 1 saturated carbocycles.